The summed E-state index contributed by atoms with van der Waals surface area (Å²) in [4.78, 5) is 15.7. The van der Waals surface area contributed by atoms with E-state index in [2.05, 4.69) is 15.5 Å². The highest BCUT2D eigenvalue weighted by Gasteiger charge is 2.08. The number of hydrogen-bond donors (Lipinski definition) is 1. The lowest BCUT2D eigenvalue weighted by molar-refractivity contribution is -0.119. The number of hydrogen-bond acceptors (Lipinski definition) is 5. The van der Waals surface area contributed by atoms with Crippen LogP contribution in [0.25, 0.3) is 10.7 Å². The van der Waals surface area contributed by atoms with E-state index in [4.69, 9.17) is 4.52 Å². The Bertz CT molecular complexity index is 450. The highest BCUT2D eigenvalue weighted by Crippen LogP contribution is 2.20. The maximum absolute atomic E-state index is 10.7. The molecule has 0 radical (unpaired) electrons. The van der Waals surface area contributed by atoms with Gasteiger partial charge in [-0.05, 0) is 11.4 Å². The molecule has 0 spiro atoms. The van der Waals surface area contributed by atoms with Crippen molar-refractivity contribution < 1.29 is 9.32 Å². The van der Waals surface area contributed by atoms with Gasteiger partial charge in [-0.1, -0.05) is 11.2 Å². The number of carbonyl (C=O) groups excluding carboxylic acids is 1. The minimum atomic E-state index is -0.120. The van der Waals surface area contributed by atoms with Gasteiger partial charge in [-0.25, -0.2) is 0 Å². The fourth-order valence-corrected chi connectivity index (χ4v) is 1.68. The largest absolute Gasteiger partial charge is 0.347 e. The van der Waals surface area contributed by atoms with E-state index < -0.39 is 0 Å². The molecule has 0 aliphatic heterocycles. The molecule has 0 aliphatic carbocycles. The Morgan fingerprint density at radius 3 is 3.20 bits per heavy atom. The minimum absolute atomic E-state index is 0.120. The first-order valence-corrected chi connectivity index (χ1v) is 5.24. The zero-order valence-corrected chi connectivity index (χ0v) is 8.87. The Kier molecular flexibility index (Phi) is 2.77. The monoisotopic (exact) mass is 223 g/mol. The van der Waals surface area contributed by atoms with E-state index >= 15 is 0 Å². The van der Waals surface area contributed by atoms with Gasteiger partial charge in [0.05, 0.1) is 11.4 Å². The Hall–Kier alpha value is -1.69. The smallest absolute Gasteiger partial charge is 0.246 e. The predicted octanol–water partition coefficient (Wildman–Crippen LogP) is 1.43. The van der Waals surface area contributed by atoms with Crippen LogP contribution < -0.4 is 5.32 Å². The summed E-state index contributed by atoms with van der Waals surface area (Å²) in [5, 5.41) is 8.34. The van der Waals surface area contributed by atoms with Crippen molar-refractivity contribution in [3.8, 4) is 10.7 Å². The molecule has 5 nitrogen and oxygen atoms in total. The van der Waals surface area contributed by atoms with Crippen molar-refractivity contribution >= 4 is 17.2 Å². The van der Waals surface area contributed by atoms with E-state index in [0.29, 0.717) is 11.7 Å². The van der Waals surface area contributed by atoms with Crippen LogP contribution in [0.3, 0.4) is 0 Å². The maximum Gasteiger partial charge on any atom is 0.246 e. The molecule has 15 heavy (non-hydrogen) atoms. The van der Waals surface area contributed by atoms with Crippen molar-refractivity contribution in [1.29, 1.82) is 0 Å². The summed E-state index contributed by atoms with van der Waals surface area (Å²) in [7, 11) is 0. The van der Waals surface area contributed by atoms with Crippen LogP contribution in [0.15, 0.2) is 22.0 Å². The number of thiophene rings is 1. The third kappa shape index (κ3) is 2.41. The first kappa shape index (κ1) is 9.85. The number of aromatic nitrogens is 2. The summed E-state index contributed by atoms with van der Waals surface area (Å²) in [5.74, 6) is 0.852. The Morgan fingerprint density at radius 1 is 1.67 bits per heavy atom. The van der Waals surface area contributed by atoms with Crippen molar-refractivity contribution in [2.24, 2.45) is 0 Å². The molecule has 0 aliphatic rings. The third-order valence-electron chi connectivity index (χ3n) is 1.70. The Balaban J connectivity index is 2.08. The van der Waals surface area contributed by atoms with Crippen LogP contribution in [-0.4, -0.2) is 16.0 Å². The van der Waals surface area contributed by atoms with Crippen LogP contribution in [0, 0.1) is 0 Å². The quantitative estimate of drug-likeness (QED) is 0.854. The average Bonchev–Trinajstić information content (AvgIpc) is 2.85. The standard InChI is InChI=1S/C9H9N3O2S/c1-6(13)10-5-8-11-9(12-14-8)7-3-2-4-15-7/h2-4H,5H2,1H3,(H,10,13). The lowest BCUT2D eigenvalue weighted by Crippen LogP contribution is -2.18. The van der Waals surface area contributed by atoms with Crippen LogP contribution in [0.5, 0.6) is 0 Å². The van der Waals surface area contributed by atoms with Gasteiger partial charge in [-0.15, -0.1) is 11.3 Å². The summed E-state index contributed by atoms with van der Waals surface area (Å²) in [6.45, 7) is 1.71. The van der Waals surface area contributed by atoms with Crippen molar-refractivity contribution in [1.82, 2.24) is 15.5 Å². The van der Waals surface area contributed by atoms with Gasteiger partial charge in [0.15, 0.2) is 0 Å². The maximum atomic E-state index is 10.7. The molecule has 2 heterocycles. The normalized spacial score (nSPS) is 10.2. The molecule has 0 unspecified atom stereocenters. The van der Waals surface area contributed by atoms with Gasteiger partial charge in [0.2, 0.25) is 17.6 Å². The lowest BCUT2D eigenvalue weighted by Gasteiger charge is -1.93. The van der Waals surface area contributed by atoms with E-state index in [1.165, 1.54) is 6.92 Å². The third-order valence-corrected chi connectivity index (χ3v) is 2.56. The number of amides is 1. The molecular formula is C9H9N3O2S. The minimum Gasteiger partial charge on any atom is -0.347 e. The van der Waals surface area contributed by atoms with Gasteiger partial charge in [0, 0.05) is 6.92 Å². The number of nitrogens with one attached hydrogen (secondary N) is 1. The summed E-state index contributed by atoms with van der Waals surface area (Å²) in [5.41, 5.74) is 0. The Morgan fingerprint density at radius 2 is 2.53 bits per heavy atom. The van der Waals surface area contributed by atoms with Crippen molar-refractivity contribution in [3.63, 3.8) is 0 Å². The second-order valence-corrected chi connectivity index (χ2v) is 3.85. The van der Waals surface area contributed by atoms with Crippen LogP contribution >= 0.6 is 11.3 Å². The number of nitrogens with zero attached hydrogens (tertiary/aromatic N) is 2. The number of carbonyl (C=O) groups is 1. The lowest BCUT2D eigenvalue weighted by atomic mass is 10.4. The van der Waals surface area contributed by atoms with Crippen LogP contribution in [0.1, 0.15) is 12.8 Å². The first-order chi connectivity index (χ1) is 7.25. The highest BCUT2D eigenvalue weighted by molar-refractivity contribution is 7.13. The predicted molar refractivity (Wildman–Crippen MR) is 55.1 cm³/mol. The van der Waals surface area contributed by atoms with Crippen LogP contribution in [-0.2, 0) is 11.3 Å². The van der Waals surface area contributed by atoms with Gasteiger partial charge in [0.25, 0.3) is 0 Å². The Labute approximate surface area is 90.1 Å². The van der Waals surface area contributed by atoms with E-state index in [1.54, 1.807) is 11.3 Å². The van der Waals surface area contributed by atoms with Crippen LogP contribution in [0.2, 0.25) is 0 Å². The zero-order chi connectivity index (χ0) is 10.7. The van der Waals surface area contributed by atoms with E-state index in [0.717, 1.165) is 4.88 Å². The second-order valence-electron chi connectivity index (χ2n) is 2.90. The number of rotatable bonds is 3. The zero-order valence-electron chi connectivity index (χ0n) is 8.06. The van der Waals surface area contributed by atoms with E-state index in [9.17, 15) is 4.79 Å². The van der Waals surface area contributed by atoms with E-state index in [1.807, 2.05) is 17.5 Å². The van der Waals surface area contributed by atoms with Crippen LogP contribution in [0.4, 0.5) is 0 Å². The summed E-state index contributed by atoms with van der Waals surface area (Å²) in [6, 6.07) is 3.83. The molecule has 0 aromatic carbocycles. The molecule has 0 saturated carbocycles. The molecule has 1 N–H and O–H groups in total. The molecular weight excluding hydrogens is 214 g/mol. The average molecular weight is 223 g/mol. The summed E-state index contributed by atoms with van der Waals surface area (Å²) < 4.78 is 4.97. The van der Waals surface area contributed by atoms with Crippen molar-refractivity contribution in [3.05, 3.63) is 23.4 Å². The second kappa shape index (κ2) is 4.22. The summed E-state index contributed by atoms with van der Waals surface area (Å²) >= 11 is 1.54. The molecule has 0 atom stereocenters. The topological polar surface area (TPSA) is 68.0 Å². The van der Waals surface area contributed by atoms with Crippen molar-refractivity contribution in [2.45, 2.75) is 13.5 Å². The van der Waals surface area contributed by atoms with E-state index in [-0.39, 0.29) is 12.5 Å². The van der Waals surface area contributed by atoms with Gasteiger partial charge in [-0.2, -0.15) is 4.98 Å². The molecule has 78 valence electrons. The molecule has 0 saturated heterocycles. The fraction of sp³-hybridized carbons (Fsp3) is 0.222. The highest BCUT2D eigenvalue weighted by atomic mass is 32.1. The molecule has 0 fully saturated rings. The first-order valence-electron chi connectivity index (χ1n) is 4.36. The van der Waals surface area contributed by atoms with Gasteiger partial charge < -0.3 is 9.84 Å². The summed E-state index contributed by atoms with van der Waals surface area (Å²) in [6.07, 6.45) is 0. The SMILES string of the molecule is CC(=O)NCc1nc(-c2cccs2)no1. The van der Waals surface area contributed by atoms with Crippen molar-refractivity contribution in [2.75, 3.05) is 0 Å². The molecule has 0 bridgehead atoms. The fourth-order valence-electron chi connectivity index (χ4n) is 1.03. The van der Waals surface area contributed by atoms with Gasteiger partial charge in [-0.3, -0.25) is 4.79 Å². The molecule has 2 rings (SSSR count). The molecule has 2 aromatic rings. The molecule has 6 heteroatoms. The van der Waals surface area contributed by atoms with Gasteiger partial charge >= 0.3 is 0 Å². The molecule has 1 amide bonds. The molecule has 2 aromatic heterocycles. The van der Waals surface area contributed by atoms with Gasteiger partial charge in [0.1, 0.15) is 0 Å².